The van der Waals surface area contributed by atoms with Crippen LogP contribution in [0.25, 0.3) is 0 Å². The van der Waals surface area contributed by atoms with Crippen LogP contribution in [0.15, 0.2) is 18.2 Å². The van der Waals surface area contributed by atoms with Crippen molar-refractivity contribution in [2.75, 3.05) is 31.9 Å². The number of hydrogen-bond donors (Lipinski definition) is 1. The molecule has 23 heavy (non-hydrogen) atoms. The van der Waals surface area contributed by atoms with Gasteiger partial charge in [-0.1, -0.05) is 0 Å². The van der Waals surface area contributed by atoms with Gasteiger partial charge in [-0.2, -0.15) is 0 Å². The topological polar surface area (TPSA) is 75.9 Å². The molecule has 1 aromatic carbocycles. The Hall–Kier alpha value is -2.24. The summed E-state index contributed by atoms with van der Waals surface area (Å²) in [5, 5.41) is 0. The number of nitrogens with zero attached hydrogens (tertiary/aromatic N) is 2. The fraction of sp³-hybridized carbons (Fsp3) is 0.529. The summed E-state index contributed by atoms with van der Waals surface area (Å²) >= 11 is 0. The number of nitrogen functional groups attached to an aromatic ring is 1. The number of hydrogen-bond acceptors (Lipinski definition) is 4. The second-order valence-electron chi connectivity index (χ2n) is 6.89. The highest BCUT2D eigenvalue weighted by atomic mass is 16.6. The van der Waals surface area contributed by atoms with Gasteiger partial charge in [-0.05, 0) is 51.5 Å². The molecule has 1 aromatic rings. The van der Waals surface area contributed by atoms with E-state index < -0.39 is 5.60 Å². The van der Waals surface area contributed by atoms with Gasteiger partial charge in [0.05, 0.1) is 0 Å². The maximum absolute atomic E-state index is 12.5. The molecule has 2 N–H and O–H groups in total. The van der Waals surface area contributed by atoms with E-state index in [-0.39, 0.29) is 12.0 Å². The van der Waals surface area contributed by atoms with Crippen LogP contribution in [0.4, 0.5) is 10.5 Å². The number of nitrogens with two attached hydrogens (primary N) is 1. The SMILES string of the molecule is Cc1cc(N)cc(C(=O)N2CCN(C(=O)OC(C)(C)C)CC2)c1. The predicted octanol–water partition coefficient (Wildman–Crippen LogP) is 2.27. The molecule has 1 saturated heterocycles. The molecule has 1 aliphatic rings. The molecule has 0 unspecified atom stereocenters. The number of amides is 2. The van der Waals surface area contributed by atoms with Gasteiger partial charge in [-0.3, -0.25) is 4.79 Å². The standard InChI is InChI=1S/C17H25N3O3/c1-12-9-13(11-14(18)10-12)15(21)19-5-7-20(8-6-19)16(22)23-17(2,3)4/h9-11H,5-8,18H2,1-4H3. The van der Waals surface area contributed by atoms with Gasteiger partial charge in [0.25, 0.3) is 5.91 Å². The van der Waals surface area contributed by atoms with Crippen LogP contribution in [0.2, 0.25) is 0 Å². The average Bonchev–Trinajstić information content (AvgIpc) is 2.44. The number of carbonyl (C=O) groups excluding carboxylic acids is 2. The summed E-state index contributed by atoms with van der Waals surface area (Å²) in [6.07, 6.45) is -0.329. The van der Waals surface area contributed by atoms with Crippen molar-refractivity contribution >= 4 is 17.7 Å². The Kier molecular flexibility index (Phi) is 4.82. The Balaban J connectivity index is 1.96. The molecule has 0 bridgehead atoms. The molecule has 2 amide bonds. The summed E-state index contributed by atoms with van der Waals surface area (Å²) < 4.78 is 5.36. The first-order valence-electron chi connectivity index (χ1n) is 7.80. The lowest BCUT2D eigenvalue weighted by molar-refractivity contribution is 0.0141. The molecule has 0 saturated carbocycles. The quantitative estimate of drug-likeness (QED) is 0.806. The summed E-state index contributed by atoms with van der Waals surface area (Å²) in [5.41, 5.74) is 7.43. The molecule has 1 aliphatic heterocycles. The van der Waals surface area contributed by atoms with E-state index in [9.17, 15) is 9.59 Å². The molecule has 1 fully saturated rings. The van der Waals surface area contributed by atoms with Crippen LogP contribution in [0.5, 0.6) is 0 Å². The summed E-state index contributed by atoms with van der Waals surface area (Å²) in [6, 6.07) is 5.35. The van der Waals surface area contributed by atoms with Gasteiger partial charge in [0.1, 0.15) is 5.60 Å². The van der Waals surface area contributed by atoms with Crippen LogP contribution in [0, 0.1) is 6.92 Å². The molecule has 0 radical (unpaired) electrons. The maximum Gasteiger partial charge on any atom is 0.410 e. The third-order valence-corrected chi connectivity index (χ3v) is 3.57. The third kappa shape index (κ3) is 4.61. The Labute approximate surface area is 137 Å². The Morgan fingerprint density at radius 2 is 1.61 bits per heavy atom. The van der Waals surface area contributed by atoms with Crippen LogP contribution < -0.4 is 5.73 Å². The van der Waals surface area contributed by atoms with Gasteiger partial charge in [0, 0.05) is 37.4 Å². The zero-order valence-electron chi connectivity index (χ0n) is 14.3. The molecule has 0 aliphatic carbocycles. The molecule has 6 heteroatoms. The predicted molar refractivity (Wildman–Crippen MR) is 89.3 cm³/mol. The average molecular weight is 319 g/mol. The summed E-state index contributed by atoms with van der Waals surface area (Å²) in [4.78, 5) is 28.0. The molecule has 0 aromatic heterocycles. The number of carbonyl (C=O) groups is 2. The monoisotopic (exact) mass is 319 g/mol. The minimum absolute atomic E-state index is 0.0516. The molecular weight excluding hydrogens is 294 g/mol. The molecule has 126 valence electrons. The van der Waals surface area contributed by atoms with Crippen molar-refractivity contribution in [3.8, 4) is 0 Å². The van der Waals surface area contributed by atoms with E-state index in [2.05, 4.69) is 0 Å². The first-order chi connectivity index (χ1) is 10.7. The van der Waals surface area contributed by atoms with E-state index in [4.69, 9.17) is 10.5 Å². The normalized spacial score (nSPS) is 15.5. The van der Waals surface area contributed by atoms with E-state index in [0.717, 1.165) is 5.56 Å². The molecule has 0 spiro atoms. The van der Waals surface area contributed by atoms with Crippen LogP contribution >= 0.6 is 0 Å². The number of anilines is 1. The lowest BCUT2D eigenvalue weighted by atomic mass is 10.1. The van der Waals surface area contributed by atoms with Gasteiger partial charge in [-0.25, -0.2) is 4.79 Å². The Bertz CT molecular complexity index is 579. The molecule has 6 nitrogen and oxygen atoms in total. The van der Waals surface area contributed by atoms with Gasteiger partial charge in [0.2, 0.25) is 0 Å². The minimum atomic E-state index is -0.511. The van der Waals surface area contributed by atoms with Crippen LogP contribution in [-0.4, -0.2) is 53.6 Å². The summed E-state index contributed by atoms with van der Waals surface area (Å²) in [7, 11) is 0. The van der Waals surface area contributed by atoms with Gasteiger partial charge in [-0.15, -0.1) is 0 Å². The molecular formula is C17H25N3O3. The van der Waals surface area contributed by atoms with E-state index in [0.29, 0.717) is 37.4 Å². The number of piperazine rings is 1. The van der Waals surface area contributed by atoms with Crippen molar-refractivity contribution in [3.63, 3.8) is 0 Å². The van der Waals surface area contributed by atoms with Crippen LogP contribution in [0.1, 0.15) is 36.7 Å². The summed E-state index contributed by atoms with van der Waals surface area (Å²) in [5.74, 6) is -0.0516. The highest BCUT2D eigenvalue weighted by Gasteiger charge is 2.28. The summed E-state index contributed by atoms with van der Waals surface area (Å²) in [6.45, 7) is 9.36. The van der Waals surface area contributed by atoms with Crippen molar-refractivity contribution in [2.45, 2.75) is 33.3 Å². The zero-order valence-corrected chi connectivity index (χ0v) is 14.3. The van der Waals surface area contributed by atoms with E-state index in [1.807, 2.05) is 39.8 Å². The van der Waals surface area contributed by atoms with Crippen LogP contribution in [0.3, 0.4) is 0 Å². The smallest absolute Gasteiger partial charge is 0.410 e. The van der Waals surface area contributed by atoms with E-state index in [1.54, 1.807) is 15.9 Å². The molecule has 2 rings (SSSR count). The second-order valence-corrected chi connectivity index (χ2v) is 6.89. The molecule has 0 atom stereocenters. The largest absolute Gasteiger partial charge is 0.444 e. The second kappa shape index (κ2) is 6.48. The lowest BCUT2D eigenvalue weighted by Gasteiger charge is -2.35. The minimum Gasteiger partial charge on any atom is -0.444 e. The fourth-order valence-corrected chi connectivity index (χ4v) is 2.54. The number of ether oxygens (including phenoxy) is 1. The van der Waals surface area contributed by atoms with Crippen molar-refractivity contribution in [1.82, 2.24) is 9.80 Å². The first-order valence-corrected chi connectivity index (χ1v) is 7.80. The van der Waals surface area contributed by atoms with Gasteiger partial charge >= 0.3 is 6.09 Å². The van der Waals surface area contributed by atoms with Crippen molar-refractivity contribution in [2.24, 2.45) is 0 Å². The highest BCUT2D eigenvalue weighted by Crippen LogP contribution is 2.16. The Morgan fingerprint density at radius 1 is 1.04 bits per heavy atom. The van der Waals surface area contributed by atoms with Gasteiger partial charge in [0.15, 0.2) is 0 Å². The highest BCUT2D eigenvalue weighted by molar-refractivity contribution is 5.95. The number of aryl methyl sites for hydroxylation is 1. The lowest BCUT2D eigenvalue weighted by Crippen LogP contribution is -2.51. The van der Waals surface area contributed by atoms with Crippen LogP contribution in [-0.2, 0) is 4.74 Å². The third-order valence-electron chi connectivity index (χ3n) is 3.57. The number of benzene rings is 1. The zero-order chi connectivity index (χ0) is 17.2. The molecule has 1 heterocycles. The fourth-order valence-electron chi connectivity index (χ4n) is 2.54. The number of rotatable bonds is 1. The van der Waals surface area contributed by atoms with Crippen molar-refractivity contribution in [1.29, 1.82) is 0 Å². The van der Waals surface area contributed by atoms with Crippen molar-refractivity contribution < 1.29 is 14.3 Å². The van der Waals surface area contributed by atoms with Crippen molar-refractivity contribution in [3.05, 3.63) is 29.3 Å². The van der Waals surface area contributed by atoms with E-state index >= 15 is 0 Å². The van der Waals surface area contributed by atoms with Gasteiger partial charge < -0.3 is 20.3 Å². The maximum atomic E-state index is 12.5. The first kappa shape index (κ1) is 17.1. The Morgan fingerprint density at radius 3 is 2.13 bits per heavy atom. The van der Waals surface area contributed by atoms with E-state index in [1.165, 1.54) is 0 Å².